The smallest absolute Gasteiger partial charge is 0.355 e. The number of imidazole rings is 1. The van der Waals surface area contributed by atoms with E-state index < -0.39 is 17.6 Å². The highest BCUT2D eigenvalue weighted by atomic mass is 35.5. The van der Waals surface area contributed by atoms with E-state index in [2.05, 4.69) is 20.1 Å². The Bertz CT molecular complexity index is 3270. The van der Waals surface area contributed by atoms with E-state index in [1.165, 1.54) is 12.1 Å². The summed E-state index contributed by atoms with van der Waals surface area (Å²) in [7, 11) is 1.91. The molecule has 1 atom stereocenters. The number of piperazine rings is 1. The van der Waals surface area contributed by atoms with Crippen molar-refractivity contribution < 1.29 is 33.0 Å². The van der Waals surface area contributed by atoms with Crippen molar-refractivity contribution in [1.82, 2.24) is 44.3 Å². The summed E-state index contributed by atoms with van der Waals surface area (Å²) in [6, 6.07) is 17.8. The van der Waals surface area contributed by atoms with Crippen LogP contribution >= 0.6 is 11.6 Å². The van der Waals surface area contributed by atoms with Crippen LogP contribution < -0.4 is 15.4 Å². The number of nitrogens with one attached hydrogen (secondary N) is 2. The number of carbonyl (C=O) groups excluding carboxylic acids is 4. The molecule has 3 amide bonds. The molecule has 2 fully saturated rings. The zero-order valence-corrected chi connectivity index (χ0v) is 43.1. The minimum absolute atomic E-state index is 0.00476. The van der Waals surface area contributed by atoms with Crippen molar-refractivity contribution in [2.45, 2.75) is 105 Å². The van der Waals surface area contributed by atoms with Gasteiger partial charge in [-0.25, -0.2) is 14.2 Å². The minimum atomic E-state index is -0.774. The lowest BCUT2D eigenvalue weighted by Gasteiger charge is -2.35. The zero-order chi connectivity index (χ0) is 51.2. The first kappa shape index (κ1) is 50.3. The van der Waals surface area contributed by atoms with Gasteiger partial charge in [0.25, 0.3) is 0 Å². The summed E-state index contributed by atoms with van der Waals surface area (Å²) >= 11 is 7.23. The van der Waals surface area contributed by atoms with Crippen molar-refractivity contribution in [3.05, 3.63) is 111 Å². The molecule has 2 saturated heterocycles. The van der Waals surface area contributed by atoms with Crippen LogP contribution in [0.25, 0.3) is 43.8 Å². The SMILES string of the molecule is Cc1cc(CNC2CCC(=O)NC2=O)c2nc(C)n(CC(=O)N3CCN(CCn4c(C(=O)OC(C)(C)C)c(CCCOc5cccc6cc(F)ccc56)c5ccc(Cl)c(-c6c(C)nn(C)c6C)c54)CC3)c2c1. The molecule has 15 nitrogen and oxygen atoms in total. The van der Waals surface area contributed by atoms with E-state index in [0.717, 1.165) is 77.7 Å². The molecule has 0 aliphatic carbocycles. The van der Waals surface area contributed by atoms with Crippen LogP contribution in [0.4, 0.5) is 4.39 Å². The number of esters is 1. The summed E-state index contributed by atoms with van der Waals surface area (Å²) in [4.78, 5) is 62.0. The number of piperidine rings is 1. The van der Waals surface area contributed by atoms with Gasteiger partial charge in [0, 0.05) is 86.9 Å². The molecular formula is C55H63ClFN9O6. The number of hydrogen-bond acceptors (Lipinski definition) is 10. The average molecular weight is 1000 g/mol. The third-order valence-electron chi connectivity index (χ3n) is 14.0. The molecule has 9 rings (SSSR count). The molecule has 2 aliphatic rings. The standard InChI is InChI=1S/C55H63ClFN9O6/c1-32-27-37(30-58-43-18-19-46(67)60-53(43)69)50-44(28-32)66(35(4)59-50)31-47(68)64-23-20-63(21-24-64)22-25-65-51-41(16-17-42(56)49(51)48-33(2)61-62(8)34(48)3)40(52(65)54(70)72-55(5,6)7)12-10-26-71-45-13-9-11-36-29-38(57)14-15-39(36)45/h9,11,13-17,27-29,43,58H,10,12,18-26,30-31H2,1-8H3,(H,60,67,69). The molecule has 0 radical (unpaired) electrons. The van der Waals surface area contributed by atoms with Crippen molar-refractivity contribution in [1.29, 1.82) is 0 Å². The van der Waals surface area contributed by atoms with Crippen LogP contribution in [0.2, 0.25) is 5.02 Å². The van der Waals surface area contributed by atoms with Gasteiger partial charge in [0.1, 0.15) is 35.2 Å². The molecule has 7 aromatic rings. The molecular weight excluding hydrogens is 937 g/mol. The van der Waals surface area contributed by atoms with E-state index in [9.17, 15) is 23.6 Å². The van der Waals surface area contributed by atoms with E-state index in [-0.39, 0.29) is 36.5 Å². The van der Waals surface area contributed by atoms with Gasteiger partial charge >= 0.3 is 5.97 Å². The number of carbonyl (C=O) groups is 4. The molecule has 1 unspecified atom stereocenters. The van der Waals surface area contributed by atoms with Gasteiger partial charge in [-0.15, -0.1) is 0 Å². The van der Waals surface area contributed by atoms with Gasteiger partial charge in [-0.3, -0.25) is 29.3 Å². The second-order valence-electron chi connectivity index (χ2n) is 20.2. The van der Waals surface area contributed by atoms with Gasteiger partial charge in [-0.2, -0.15) is 5.10 Å². The number of ether oxygens (including phenoxy) is 2. The zero-order valence-electron chi connectivity index (χ0n) is 42.4. The summed E-state index contributed by atoms with van der Waals surface area (Å²) in [6.45, 7) is 17.7. The monoisotopic (exact) mass is 999 g/mol. The number of nitrogens with zero attached hydrogens (tertiary/aromatic N) is 7. The molecule has 3 aromatic heterocycles. The maximum Gasteiger partial charge on any atom is 0.355 e. The maximum absolute atomic E-state index is 14.7. The second kappa shape index (κ2) is 20.5. The number of aromatic nitrogens is 5. The summed E-state index contributed by atoms with van der Waals surface area (Å²) in [5, 5.41) is 13.5. The number of amides is 3. The Hall–Kier alpha value is -6.62. The number of rotatable bonds is 15. The second-order valence-corrected chi connectivity index (χ2v) is 20.6. The number of benzene rings is 4. The molecule has 0 spiro atoms. The van der Waals surface area contributed by atoms with Crippen LogP contribution in [0.1, 0.15) is 84.4 Å². The van der Waals surface area contributed by atoms with Gasteiger partial charge in [0.05, 0.1) is 39.9 Å². The molecule has 2 aliphatic heterocycles. The van der Waals surface area contributed by atoms with E-state index in [4.69, 9.17) is 31.2 Å². The highest BCUT2D eigenvalue weighted by Crippen LogP contribution is 2.42. The predicted molar refractivity (Wildman–Crippen MR) is 277 cm³/mol. The van der Waals surface area contributed by atoms with Crippen molar-refractivity contribution in [3.63, 3.8) is 0 Å². The molecule has 17 heteroatoms. The molecule has 5 heterocycles. The first-order chi connectivity index (χ1) is 34.3. The summed E-state index contributed by atoms with van der Waals surface area (Å²) in [5.41, 5.74) is 8.38. The average Bonchev–Trinajstić information content (AvgIpc) is 3.91. The normalized spacial score (nSPS) is 15.8. The number of imide groups is 1. The fraction of sp³-hybridized carbons (Fsp3) is 0.418. The lowest BCUT2D eigenvalue weighted by Crippen LogP contribution is -2.50. The molecule has 4 aromatic carbocycles. The highest BCUT2D eigenvalue weighted by molar-refractivity contribution is 6.35. The maximum atomic E-state index is 14.7. The van der Waals surface area contributed by atoms with Crippen LogP contribution in [0.15, 0.2) is 60.7 Å². The third kappa shape index (κ3) is 10.3. The topological polar surface area (TPSA) is 158 Å². The fourth-order valence-corrected chi connectivity index (χ4v) is 10.6. The lowest BCUT2D eigenvalue weighted by molar-refractivity contribution is -0.135. The molecule has 0 saturated carbocycles. The Balaban J connectivity index is 0.956. The Morgan fingerprint density at radius 1 is 0.931 bits per heavy atom. The molecule has 72 heavy (non-hydrogen) atoms. The predicted octanol–water partition coefficient (Wildman–Crippen LogP) is 8.28. The highest BCUT2D eigenvalue weighted by Gasteiger charge is 2.32. The van der Waals surface area contributed by atoms with Crippen molar-refractivity contribution in [3.8, 4) is 16.9 Å². The lowest BCUT2D eigenvalue weighted by atomic mass is 9.98. The minimum Gasteiger partial charge on any atom is -0.493 e. The van der Waals surface area contributed by atoms with Crippen molar-refractivity contribution in [2.75, 3.05) is 39.3 Å². The number of hydrogen-bond donors (Lipinski definition) is 2. The fourth-order valence-electron chi connectivity index (χ4n) is 10.4. The third-order valence-corrected chi connectivity index (χ3v) is 14.3. The van der Waals surface area contributed by atoms with Crippen LogP contribution in [0, 0.1) is 33.5 Å². The van der Waals surface area contributed by atoms with Crippen molar-refractivity contribution in [2.24, 2.45) is 7.05 Å². The molecule has 0 bridgehead atoms. The van der Waals surface area contributed by atoms with Gasteiger partial charge in [-0.1, -0.05) is 35.9 Å². The summed E-state index contributed by atoms with van der Waals surface area (Å²) in [5.74, 6) is 0.0536. The summed E-state index contributed by atoms with van der Waals surface area (Å²) < 4.78 is 32.5. The largest absolute Gasteiger partial charge is 0.493 e. The van der Waals surface area contributed by atoms with Crippen LogP contribution in [-0.2, 0) is 52.2 Å². The van der Waals surface area contributed by atoms with Crippen LogP contribution in [0.5, 0.6) is 5.75 Å². The quantitative estimate of drug-likeness (QED) is 0.0582. The first-order valence-electron chi connectivity index (χ1n) is 24.8. The Kier molecular flexibility index (Phi) is 14.3. The van der Waals surface area contributed by atoms with Gasteiger partial charge in [-0.05, 0) is 126 Å². The van der Waals surface area contributed by atoms with Crippen molar-refractivity contribution >= 4 is 68.0 Å². The van der Waals surface area contributed by atoms with E-state index >= 15 is 0 Å². The summed E-state index contributed by atoms with van der Waals surface area (Å²) in [6.07, 6.45) is 1.79. The van der Waals surface area contributed by atoms with E-state index in [1.807, 2.05) is 112 Å². The molecule has 2 N–H and O–H groups in total. The van der Waals surface area contributed by atoms with E-state index in [0.29, 0.717) is 88.1 Å². The van der Waals surface area contributed by atoms with Gasteiger partial charge in [0.15, 0.2) is 0 Å². The Morgan fingerprint density at radius 2 is 1.69 bits per heavy atom. The Labute approximate surface area is 423 Å². The number of halogens is 2. The first-order valence-corrected chi connectivity index (χ1v) is 25.1. The number of aryl methyl sites for hydroxylation is 5. The Morgan fingerprint density at radius 3 is 2.42 bits per heavy atom. The van der Waals surface area contributed by atoms with E-state index in [1.54, 1.807) is 6.07 Å². The van der Waals surface area contributed by atoms with Crippen LogP contribution in [0.3, 0.4) is 0 Å². The van der Waals surface area contributed by atoms with Crippen LogP contribution in [-0.4, -0.2) is 108 Å². The van der Waals surface area contributed by atoms with Gasteiger partial charge < -0.3 is 28.8 Å². The molecule has 378 valence electrons. The van der Waals surface area contributed by atoms with Gasteiger partial charge in [0.2, 0.25) is 17.7 Å². The number of fused-ring (bicyclic) bond motifs is 3.